The maximum Gasteiger partial charge on any atom is 0.190 e. The molecule has 2 aromatic heterocycles. The van der Waals surface area contributed by atoms with E-state index in [4.69, 9.17) is 9.47 Å². The molecular formula is C20H24BrNO3S2. The third kappa shape index (κ3) is 2.86. The van der Waals surface area contributed by atoms with Crippen LogP contribution in [-0.4, -0.2) is 54.1 Å². The van der Waals surface area contributed by atoms with Crippen molar-refractivity contribution in [3.8, 4) is 0 Å². The molecule has 3 aliphatic heterocycles. The number of morpholine rings is 1. The average molecular weight is 470 g/mol. The van der Waals surface area contributed by atoms with Crippen LogP contribution >= 0.6 is 22.7 Å². The van der Waals surface area contributed by atoms with Crippen molar-refractivity contribution < 1.29 is 36.0 Å². The van der Waals surface area contributed by atoms with Crippen LogP contribution < -0.4 is 17.0 Å². The molecule has 4 atom stereocenters. The van der Waals surface area contributed by atoms with E-state index in [-0.39, 0.29) is 23.1 Å². The standard InChI is InChI=1S/C20H24NO3S2.BrH/c1-12(20(22,16-6-4-8-25-16)17-7-5-9-26-17)23-13-10-14-18-19(24-18)15(11-13)21(14,2)3;/h4-9,13-15,18-19,22H,1,10-11H2,2-3H3;1H/q+1;/p-1. The number of aliphatic hydroxyl groups is 1. The zero-order valence-electron chi connectivity index (χ0n) is 15.4. The number of fused-ring (bicyclic) bond motifs is 5. The van der Waals surface area contributed by atoms with Gasteiger partial charge >= 0.3 is 0 Å². The number of likely N-dealkylation sites (N-methyl/N-ethyl adjacent to an activating group) is 1. The summed E-state index contributed by atoms with van der Waals surface area (Å²) in [4.78, 5) is 1.71. The van der Waals surface area contributed by atoms with E-state index < -0.39 is 5.60 Å². The van der Waals surface area contributed by atoms with E-state index in [1.807, 2.05) is 35.0 Å². The zero-order valence-corrected chi connectivity index (χ0v) is 18.6. The van der Waals surface area contributed by atoms with Gasteiger partial charge in [0.25, 0.3) is 0 Å². The van der Waals surface area contributed by atoms with Crippen LogP contribution in [-0.2, 0) is 15.1 Å². The maximum absolute atomic E-state index is 11.6. The summed E-state index contributed by atoms with van der Waals surface area (Å²) in [7, 11) is 4.62. The Morgan fingerprint density at radius 2 is 1.67 bits per heavy atom. The average Bonchev–Trinajstić information content (AvgIpc) is 2.98. The van der Waals surface area contributed by atoms with Gasteiger partial charge in [-0.3, -0.25) is 0 Å². The van der Waals surface area contributed by atoms with Crippen LogP contribution in [0.4, 0.5) is 0 Å². The molecule has 3 fully saturated rings. The maximum atomic E-state index is 11.6. The fourth-order valence-electron chi connectivity index (χ4n) is 4.95. The Morgan fingerprint density at radius 1 is 1.15 bits per heavy atom. The van der Waals surface area contributed by atoms with Crippen molar-refractivity contribution in [3.63, 3.8) is 0 Å². The molecule has 3 aliphatic rings. The van der Waals surface area contributed by atoms with Gasteiger partial charge in [-0.15, -0.1) is 22.7 Å². The Morgan fingerprint density at radius 3 is 2.11 bits per heavy atom. The second-order valence-corrected chi connectivity index (χ2v) is 10.0. The Bertz CT molecular complexity index is 766. The molecule has 0 aliphatic carbocycles. The number of quaternary nitrogens is 1. The topological polar surface area (TPSA) is 42.0 Å². The summed E-state index contributed by atoms with van der Waals surface area (Å²) in [5, 5.41) is 15.6. The van der Waals surface area contributed by atoms with Crippen molar-refractivity contribution in [2.24, 2.45) is 0 Å². The van der Waals surface area contributed by atoms with Crippen molar-refractivity contribution >= 4 is 22.7 Å². The van der Waals surface area contributed by atoms with Gasteiger partial charge in [0.15, 0.2) is 5.60 Å². The van der Waals surface area contributed by atoms with E-state index in [9.17, 15) is 5.11 Å². The van der Waals surface area contributed by atoms with Crippen molar-refractivity contribution in [2.75, 3.05) is 14.1 Å². The Hall–Kier alpha value is -0.700. The first kappa shape index (κ1) is 19.6. The fourth-order valence-corrected chi connectivity index (χ4v) is 6.73. The third-order valence-electron chi connectivity index (χ3n) is 6.51. The van der Waals surface area contributed by atoms with Crippen LogP contribution in [0.15, 0.2) is 47.4 Å². The molecule has 0 amide bonds. The van der Waals surface area contributed by atoms with Crippen LogP contribution in [0, 0.1) is 0 Å². The van der Waals surface area contributed by atoms with Crippen LogP contribution in [0.25, 0.3) is 0 Å². The predicted octanol–water partition coefficient (Wildman–Crippen LogP) is 0.337. The van der Waals surface area contributed by atoms with Gasteiger partial charge in [0.05, 0.1) is 14.1 Å². The summed E-state index contributed by atoms with van der Waals surface area (Å²) in [6.45, 7) is 4.17. The molecule has 146 valence electrons. The molecule has 7 heteroatoms. The van der Waals surface area contributed by atoms with Crippen molar-refractivity contribution in [3.05, 3.63) is 57.1 Å². The summed E-state index contributed by atoms with van der Waals surface area (Å²) < 4.78 is 13.2. The summed E-state index contributed by atoms with van der Waals surface area (Å²) in [5.41, 5.74) is -1.28. The Labute approximate surface area is 178 Å². The van der Waals surface area contributed by atoms with Gasteiger partial charge in [-0.2, -0.15) is 0 Å². The minimum absolute atomic E-state index is 0. The number of thiophene rings is 2. The Kier molecular flexibility index (Phi) is 4.85. The molecule has 0 radical (unpaired) electrons. The molecule has 0 aromatic carbocycles. The van der Waals surface area contributed by atoms with Gasteiger partial charge in [0.1, 0.15) is 36.2 Å². The predicted molar refractivity (Wildman–Crippen MR) is 103 cm³/mol. The van der Waals surface area contributed by atoms with Gasteiger partial charge in [0.2, 0.25) is 0 Å². The molecular weight excluding hydrogens is 446 g/mol. The highest BCUT2D eigenvalue weighted by molar-refractivity contribution is 7.11. The molecule has 3 saturated heterocycles. The van der Waals surface area contributed by atoms with Gasteiger partial charge in [-0.05, 0) is 22.9 Å². The molecule has 0 spiro atoms. The molecule has 27 heavy (non-hydrogen) atoms. The van der Waals surface area contributed by atoms with E-state index in [1.54, 1.807) is 0 Å². The molecule has 0 saturated carbocycles. The first-order valence-corrected chi connectivity index (χ1v) is 10.8. The molecule has 2 bridgehead atoms. The number of halogens is 1. The number of nitrogens with zero attached hydrogens (tertiary/aromatic N) is 1. The number of piperidine rings is 1. The number of hydrogen-bond acceptors (Lipinski definition) is 5. The lowest BCUT2D eigenvalue weighted by atomic mass is 9.94. The van der Waals surface area contributed by atoms with E-state index in [0.717, 1.165) is 27.1 Å². The minimum Gasteiger partial charge on any atom is -1.00 e. The number of epoxide rings is 1. The quantitative estimate of drug-likeness (QED) is 0.390. The first-order valence-electron chi connectivity index (χ1n) is 9.07. The highest BCUT2D eigenvalue weighted by Crippen LogP contribution is 2.52. The van der Waals surface area contributed by atoms with E-state index in [0.29, 0.717) is 30.1 Å². The lowest BCUT2D eigenvalue weighted by Crippen LogP contribution is -3.00. The highest BCUT2D eigenvalue weighted by atomic mass is 79.9. The lowest BCUT2D eigenvalue weighted by Gasteiger charge is -2.46. The summed E-state index contributed by atoms with van der Waals surface area (Å²) >= 11 is 3.06. The smallest absolute Gasteiger partial charge is 0.190 e. The van der Waals surface area contributed by atoms with E-state index in [1.165, 1.54) is 22.7 Å². The SMILES string of the molecule is C=C(OC1CC2C3OC3C(C1)[N+]2(C)C)C(O)(c1cccs1)c1cccs1.[Br-]. The zero-order chi connectivity index (χ0) is 18.1. The van der Waals surface area contributed by atoms with E-state index >= 15 is 0 Å². The highest BCUT2D eigenvalue weighted by Gasteiger charge is 2.70. The number of rotatable bonds is 5. The lowest BCUT2D eigenvalue weighted by molar-refractivity contribution is -0.938. The van der Waals surface area contributed by atoms with Crippen LogP contribution in [0.2, 0.25) is 0 Å². The van der Waals surface area contributed by atoms with Gasteiger partial charge in [-0.1, -0.05) is 18.7 Å². The summed E-state index contributed by atoms with van der Waals surface area (Å²) in [5.74, 6) is 0.439. The van der Waals surface area contributed by atoms with Gasteiger partial charge < -0.3 is 36.0 Å². The second-order valence-electron chi connectivity index (χ2n) is 8.13. The largest absolute Gasteiger partial charge is 1.00 e. The summed E-state index contributed by atoms with van der Waals surface area (Å²) in [6, 6.07) is 8.77. The van der Waals surface area contributed by atoms with Crippen LogP contribution in [0.3, 0.4) is 0 Å². The molecule has 4 nitrogen and oxygen atoms in total. The van der Waals surface area contributed by atoms with Gasteiger partial charge in [-0.25, -0.2) is 0 Å². The third-order valence-corrected chi connectivity index (χ3v) is 8.46. The van der Waals surface area contributed by atoms with Crippen LogP contribution in [0.1, 0.15) is 22.6 Å². The molecule has 2 aromatic rings. The first-order chi connectivity index (χ1) is 12.4. The van der Waals surface area contributed by atoms with Gasteiger partial charge in [0, 0.05) is 22.6 Å². The monoisotopic (exact) mass is 469 g/mol. The number of hydrogen-bond donors (Lipinski definition) is 1. The number of ether oxygens (including phenoxy) is 2. The fraction of sp³-hybridized carbons (Fsp3) is 0.500. The van der Waals surface area contributed by atoms with Crippen molar-refractivity contribution in [2.45, 2.75) is 48.8 Å². The van der Waals surface area contributed by atoms with Crippen LogP contribution in [0.5, 0.6) is 0 Å². The molecule has 1 N–H and O–H groups in total. The minimum atomic E-state index is -1.28. The normalized spacial score (nSPS) is 33.1. The second kappa shape index (κ2) is 6.68. The van der Waals surface area contributed by atoms with Crippen molar-refractivity contribution in [1.82, 2.24) is 0 Å². The molecule has 4 unspecified atom stereocenters. The summed E-state index contributed by atoms with van der Waals surface area (Å²) in [6.07, 6.45) is 2.78. The van der Waals surface area contributed by atoms with Crippen molar-refractivity contribution in [1.29, 1.82) is 0 Å². The molecule has 5 heterocycles. The van der Waals surface area contributed by atoms with E-state index in [2.05, 4.69) is 20.7 Å². The Balaban J connectivity index is 0.00000180. The molecule has 5 rings (SSSR count).